The topological polar surface area (TPSA) is 0 Å². The molecule has 0 amide bonds. The zero-order chi connectivity index (χ0) is 11.9. The molecule has 0 fully saturated rings. The fourth-order valence-corrected chi connectivity index (χ4v) is 4.31. The molecular formula is C16H20Cl2PPd-. The summed E-state index contributed by atoms with van der Waals surface area (Å²) >= 11 is 0. The summed E-state index contributed by atoms with van der Waals surface area (Å²) in [4.78, 5) is 0. The third kappa shape index (κ3) is 6.71. The van der Waals surface area contributed by atoms with Gasteiger partial charge >= 0.3 is 0 Å². The Hall–Kier alpha value is 0.112. The standard InChI is InChI=1S/C16H18P.2ClH.Pd/c1-2-3-14-17(15-10-6-4-7-11-15)16-12-8-5-9-13-16;;;/h4-13H,1-3,14H2;2*1H;/q-1;;;. The Bertz CT molecular complexity index is 397. The van der Waals surface area contributed by atoms with E-state index in [4.69, 9.17) is 0 Å². The van der Waals surface area contributed by atoms with Crippen molar-refractivity contribution in [2.45, 2.75) is 12.8 Å². The van der Waals surface area contributed by atoms with Gasteiger partial charge in [0.15, 0.2) is 0 Å². The van der Waals surface area contributed by atoms with Crippen LogP contribution < -0.4 is 10.6 Å². The largest absolute Gasteiger partial charge is 0.343 e. The molecule has 20 heavy (non-hydrogen) atoms. The smallest absolute Gasteiger partial charge is 0 e. The van der Waals surface area contributed by atoms with Gasteiger partial charge in [-0.3, -0.25) is 0 Å². The predicted molar refractivity (Wildman–Crippen MR) is 93.0 cm³/mol. The quantitative estimate of drug-likeness (QED) is 0.377. The van der Waals surface area contributed by atoms with Crippen molar-refractivity contribution < 1.29 is 20.4 Å². The minimum atomic E-state index is -0.197. The molecule has 0 aliphatic rings. The average molecular weight is 421 g/mol. The maximum atomic E-state index is 3.96. The number of benzene rings is 2. The van der Waals surface area contributed by atoms with E-state index in [2.05, 4.69) is 67.6 Å². The van der Waals surface area contributed by atoms with Crippen LogP contribution in [0.1, 0.15) is 12.8 Å². The second-order valence-electron chi connectivity index (χ2n) is 4.03. The van der Waals surface area contributed by atoms with Crippen LogP contribution in [0.5, 0.6) is 0 Å². The van der Waals surface area contributed by atoms with Crippen LogP contribution in [0.2, 0.25) is 0 Å². The normalized spacial score (nSPS) is 9.10. The maximum absolute atomic E-state index is 3.96. The summed E-state index contributed by atoms with van der Waals surface area (Å²) in [7, 11) is -0.197. The molecule has 0 unspecified atom stereocenters. The maximum Gasteiger partial charge on any atom is 0 e. The van der Waals surface area contributed by atoms with Crippen molar-refractivity contribution in [3.8, 4) is 0 Å². The number of hydrogen-bond acceptors (Lipinski definition) is 0. The van der Waals surface area contributed by atoms with Gasteiger partial charge in [0.2, 0.25) is 0 Å². The Morgan fingerprint density at radius 3 is 1.50 bits per heavy atom. The van der Waals surface area contributed by atoms with E-state index in [0.29, 0.717) is 0 Å². The fourth-order valence-electron chi connectivity index (χ4n) is 1.89. The van der Waals surface area contributed by atoms with Gasteiger partial charge in [-0.25, -0.2) is 0 Å². The number of rotatable bonds is 5. The molecular weight excluding hydrogens is 400 g/mol. The summed E-state index contributed by atoms with van der Waals surface area (Å²) in [6, 6.07) is 21.7. The number of halogens is 2. The Kier molecular flexibility index (Phi) is 14.4. The van der Waals surface area contributed by atoms with Gasteiger partial charge in [0.05, 0.1) is 0 Å². The van der Waals surface area contributed by atoms with Crippen LogP contribution >= 0.6 is 32.7 Å². The van der Waals surface area contributed by atoms with Gasteiger partial charge in [-0.05, 0) is 24.7 Å². The number of unbranched alkanes of at least 4 members (excludes halogenated alkanes) is 1. The van der Waals surface area contributed by atoms with E-state index < -0.39 is 0 Å². The predicted octanol–water partition coefficient (Wildman–Crippen LogP) is 4.57. The molecule has 0 aromatic heterocycles. The van der Waals surface area contributed by atoms with E-state index in [-0.39, 0.29) is 53.2 Å². The van der Waals surface area contributed by atoms with Gasteiger partial charge in [-0.2, -0.15) is 6.42 Å². The summed E-state index contributed by atoms with van der Waals surface area (Å²) in [6.07, 6.45) is 3.47. The average Bonchev–Trinajstić information content (AvgIpc) is 2.42. The zero-order valence-corrected chi connectivity index (χ0v) is 15.3. The Morgan fingerprint density at radius 2 is 1.15 bits per heavy atom. The first-order valence-electron chi connectivity index (χ1n) is 6.08. The van der Waals surface area contributed by atoms with Crippen LogP contribution in [-0.4, -0.2) is 6.16 Å². The molecule has 0 heterocycles. The zero-order valence-electron chi connectivity index (χ0n) is 11.2. The number of hydrogen-bond donors (Lipinski definition) is 0. The Balaban J connectivity index is 0. The summed E-state index contributed by atoms with van der Waals surface area (Å²) < 4.78 is 0. The molecule has 0 saturated carbocycles. The van der Waals surface area contributed by atoms with E-state index in [0.717, 1.165) is 6.42 Å². The van der Waals surface area contributed by atoms with Crippen LogP contribution in [0.3, 0.4) is 0 Å². The first-order chi connectivity index (χ1) is 8.42. The van der Waals surface area contributed by atoms with Gasteiger partial charge in [-0.1, -0.05) is 67.1 Å². The van der Waals surface area contributed by atoms with Crippen LogP contribution in [0.15, 0.2) is 60.7 Å². The molecule has 0 nitrogen and oxygen atoms in total. The van der Waals surface area contributed by atoms with Crippen molar-refractivity contribution in [2.75, 3.05) is 6.16 Å². The summed E-state index contributed by atoms with van der Waals surface area (Å²) in [5, 5.41) is 2.95. The Labute approximate surface area is 150 Å². The molecule has 0 atom stereocenters. The van der Waals surface area contributed by atoms with Crippen LogP contribution in [-0.2, 0) is 20.4 Å². The molecule has 0 radical (unpaired) electrons. The molecule has 0 aliphatic heterocycles. The van der Waals surface area contributed by atoms with Crippen molar-refractivity contribution in [3.05, 3.63) is 67.6 Å². The van der Waals surface area contributed by atoms with Crippen molar-refractivity contribution >= 4 is 43.3 Å². The minimum Gasteiger partial charge on any atom is -0.343 e. The third-order valence-electron chi connectivity index (χ3n) is 2.77. The molecule has 2 aromatic carbocycles. The first kappa shape index (κ1) is 22.4. The molecule has 4 heteroatoms. The van der Waals surface area contributed by atoms with Gasteiger partial charge in [0.1, 0.15) is 0 Å². The molecule has 2 aromatic rings. The van der Waals surface area contributed by atoms with E-state index >= 15 is 0 Å². The first-order valence-corrected chi connectivity index (χ1v) is 7.61. The monoisotopic (exact) mass is 419 g/mol. The van der Waals surface area contributed by atoms with Crippen LogP contribution in [0.25, 0.3) is 0 Å². The fraction of sp³-hybridized carbons (Fsp3) is 0.188. The van der Waals surface area contributed by atoms with E-state index in [9.17, 15) is 0 Å². The minimum absolute atomic E-state index is 0. The van der Waals surface area contributed by atoms with E-state index in [1.165, 1.54) is 23.2 Å². The van der Waals surface area contributed by atoms with E-state index in [1.807, 2.05) is 0 Å². The van der Waals surface area contributed by atoms with Gasteiger partial charge < -0.3 is 6.92 Å². The molecule has 0 spiro atoms. The summed E-state index contributed by atoms with van der Waals surface area (Å²) in [5.41, 5.74) is 0. The molecule has 0 N–H and O–H groups in total. The van der Waals surface area contributed by atoms with Gasteiger partial charge in [0.25, 0.3) is 0 Å². The summed E-state index contributed by atoms with van der Waals surface area (Å²) in [5.74, 6) is 0. The van der Waals surface area contributed by atoms with Crippen molar-refractivity contribution in [1.29, 1.82) is 0 Å². The van der Waals surface area contributed by atoms with E-state index in [1.54, 1.807) is 0 Å². The van der Waals surface area contributed by atoms with Crippen LogP contribution in [0.4, 0.5) is 0 Å². The van der Waals surface area contributed by atoms with Gasteiger partial charge in [-0.15, -0.1) is 24.8 Å². The van der Waals surface area contributed by atoms with Gasteiger partial charge in [0, 0.05) is 20.4 Å². The van der Waals surface area contributed by atoms with Crippen molar-refractivity contribution in [3.63, 3.8) is 0 Å². The molecule has 2 rings (SSSR count). The van der Waals surface area contributed by atoms with Crippen molar-refractivity contribution in [1.82, 2.24) is 0 Å². The van der Waals surface area contributed by atoms with Crippen LogP contribution in [0, 0.1) is 6.92 Å². The summed E-state index contributed by atoms with van der Waals surface area (Å²) in [6.45, 7) is 3.96. The molecule has 0 aliphatic carbocycles. The Morgan fingerprint density at radius 1 is 0.750 bits per heavy atom. The SMILES string of the molecule is Cl.Cl.[CH2-]CCCP(c1ccccc1)c1ccccc1.[Pd]. The second kappa shape index (κ2) is 12.8. The second-order valence-corrected chi connectivity index (χ2v) is 6.37. The van der Waals surface area contributed by atoms with Crippen molar-refractivity contribution in [2.24, 2.45) is 0 Å². The molecule has 114 valence electrons. The molecule has 0 saturated heterocycles. The molecule has 0 bridgehead atoms. The third-order valence-corrected chi connectivity index (χ3v) is 5.37.